The lowest BCUT2D eigenvalue weighted by molar-refractivity contribution is 0.647. The van der Waals surface area contributed by atoms with E-state index in [0.29, 0.717) is 6.04 Å². The van der Waals surface area contributed by atoms with Crippen LogP contribution in [0.1, 0.15) is 32.8 Å². The van der Waals surface area contributed by atoms with Crippen LogP contribution in [0.25, 0.3) is 0 Å². The topological polar surface area (TPSA) is 28.2 Å². The molecule has 16 heavy (non-hydrogen) atoms. The maximum atomic E-state index is 4.49. The van der Waals surface area contributed by atoms with Crippen molar-refractivity contribution in [1.82, 2.24) is 10.3 Å². The van der Waals surface area contributed by atoms with Crippen LogP contribution in [0.5, 0.6) is 0 Å². The fraction of sp³-hybridized carbons (Fsp3) is 0.615. The van der Waals surface area contributed by atoms with E-state index in [9.17, 15) is 0 Å². The van der Waals surface area contributed by atoms with Gasteiger partial charge >= 0.3 is 0 Å². The Morgan fingerprint density at radius 1 is 1.44 bits per heavy atom. The molecule has 0 radical (unpaired) electrons. The lowest BCUT2D eigenvalue weighted by Crippen LogP contribution is -2.30. The van der Waals surface area contributed by atoms with E-state index in [1.807, 2.05) is 12.3 Å². The van der Waals surface area contributed by atoms with Crippen molar-refractivity contribution >= 4 is 5.82 Å². The molecule has 0 aliphatic heterocycles. The minimum Gasteiger partial charge on any atom is -0.357 e. The number of hydrogen-bond acceptors (Lipinski definition) is 3. The van der Waals surface area contributed by atoms with Crippen molar-refractivity contribution in [1.29, 1.82) is 0 Å². The first-order chi connectivity index (χ1) is 7.70. The molecule has 1 aromatic heterocycles. The minimum absolute atomic E-state index is 0.523. The van der Waals surface area contributed by atoms with Crippen molar-refractivity contribution in [3.8, 4) is 0 Å². The zero-order valence-electron chi connectivity index (χ0n) is 10.8. The number of nitrogens with one attached hydrogen (secondary N) is 1. The highest BCUT2D eigenvalue weighted by atomic mass is 15.2. The first kappa shape index (κ1) is 13.0. The van der Waals surface area contributed by atoms with Gasteiger partial charge in [-0.05, 0) is 26.0 Å². The van der Waals surface area contributed by atoms with Gasteiger partial charge in [0.2, 0.25) is 0 Å². The zero-order valence-corrected chi connectivity index (χ0v) is 10.8. The van der Waals surface area contributed by atoms with Crippen LogP contribution in [0.3, 0.4) is 0 Å². The number of nitrogens with zero attached hydrogens (tertiary/aromatic N) is 2. The average molecular weight is 221 g/mol. The number of aromatic nitrogens is 1. The molecule has 1 atom stereocenters. The first-order valence-electron chi connectivity index (χ1n) is 6.08. The van der Waals surface area contributed by atoms with Crippen LogP contribution in [-0.4, -0.2) is 24.6 Å². The first-order valence-corrected chi connectivity index (χ1v) is 6.08. The van der Waals surface area contributed by atoms with Crippen molar-refractivity contribution < 1.29 is 0 Å². The molecule has 1 heterocycles. The minimum atomic E-state index is 0.523. The van der Waals surface area contributed by atoms with Crippen LogP contribution in [0.2, 0.25) is 0 Å². The maximum absolute atomic E-state index is 4.49. The summed E-state index contributed by atoms with van der Waals surface area (Å²) >= 11 is 0. The second kappa shape index (κ2) is 6.48. The van der Waals surface area contributed by atoms with Crippen LogP contribution in [0.15, 0.2) is 18.3 Å². The predicted octanol–water partition coefficient (Wildman–Crippen LogP) is 2.43. The Morgan fingerprint density at radius 3 is 2.81 bits per heavy atom. The summed E-state index contributed by atoms with van der Waals surface area (Å²) in [5.41, 5.74) is 1.27. The summed E-state index contributed by atoms with van der Waals surface area (Å²) in [6.07, 6.45) is 3.00. The van der Waals surface area contributed by atoms with E-state index in [-0.39, 0.29) is 0 Å². The molecule has 0 fully saturated rings. The summed E-state index contributed by atoms with van der Waals surface area (Å²) in [5, 5.41) is 3.35. The molecule has 0 aliphatic rings. The predicted molar refractivity (Wildman–Crippen MR) is 69.8 cm³/mol. The van der Waals surface area contributed by atoms with Crippen molar-refractivity contribution in [2.45, 2.75) is 39.8 Å². The summed E-state index contributed by atoms with van der Waals surface area (Å²) in [4.78, 5) is 6.74. The SMILES string of the molecule is CCNCc1cccnc1N(C)C(C)CC. The third-order valence-corrected chi connectivity index (χ3v) is 3.02. The molecule has 3 nitrogen and oxygen atoms in total. The highest BCUT2D eigenvalue weighted by molar-refractivity contribution is 5.46. The highest BCUT2D eigenvalue weighted by Crippen LogP contribution is 2.18. The van der Waals surface area contributed by atoms with Gasteiger partial charge < -0.3 is 10.2 Å². The van der Waals surface area contributed by atoms with Crippen LogP contribution in [0.4, 0.5) is 5.82 Å². The fourth-order valence-electron chi connectivity index (χ4n) is 1.63. The Bertz CT molecular complexity index is 312. The molecule has 1 aromatic rings. The van der Waals surface area contributed by atoms with Gasteiger partial charge in [-0.15, -0.1) is 0 Å². The van der Waals surface area contributed by atoms with E-state index in [0.717, 1.165) is 25.3 Å². The van der Waals surface area contributed by atoms with E-state index in [2.05, 4.69) is 49.1 Å². The van der Waals surface area contributed by atoms with E-state index in [1.165, 1.54) is 5.56 Å². The summed E-state index contributed by atoms with van der Waals surface area (Å²) in [7, 11) is 2.12. The molecule has 3 heteroatoms. The molecule has 0 spiro atoms. The molecule has 1 unspecified atom stereocenters. The van der Waals surface area contributed by atoms with E-state index in [1.54, 1.807) is 0 Å². The molecule has 0 bridgehead atoms. The van der Waals surface area contributed by atoms with Gasteiger partial charge in [0, 0.05) is 31.4 Å². The van der Waals surface area contributed by atoms with Gasteiger partial charge in [-0.3, -0.25) is 0 Å². The van der Waals surface area contributed by atoms with Crippen molar-refractivity contribution in [2.75, 3.05) is 18.5 Å². The summed E-state index contributed by atoms with van der Waals surface area (Å²) in [6.45, 7) is 8.43. The average Bonchev–Trinajstić information content (AvgIpc) is 2.34. The Balaban J connectivity index is 2.84. The van der Waals surface area contributed by atoms with E-state index >= 15 is 0 Å². The molecule has 1 rings (SSSR count). The van der Waals surface area contributed by atoms with Gasteiger partial charge in [-0.2, -0.15) is 0 Å². The molecule has 0 amide bonds. The highest BCUT2D eigenvalue weighted by Gasteiger charge is 2.12. The van der Waals surface area contributed by atoms with Crippen LogP contribution >= 0.6 is 0 Å². The number of anilines is 1. The normalized spacial score (nSPS) is 12.5. The van der Waals surface area contributed by atoms with Crippen molar-refractivity contribution in [2.24, 2.45) is 0 Å². The molecule has 0 aliphatic carbocycles. The van der Waals surface area contributed by atoms with Gasteiger partial charge in [0.25, 0.3) is 0 Å². The summed E-state index contributed by atoms with van der Waals surface area (Å²) in [5.74, 6) is 1.10. The van der Waals surface area contributed by atoms with Gasteiger partial charge in [0.1, 0.15) is 5.82 Å². The van der Waals surface area contributed by atoms with E-state index in [4.69, 9.17) is 0 Å². The number of rotatable bonds is 6. The van der Waals surface area contributed by atoms with Gasteiger partial charge in [-0.25, -0.2) is 4.98 Å². The molecule has 1 N–H and O–H groups in total. The lowest BCUT2D eigenvalue weighted by Gasteiger charge is -2.27. The molecule has 0 saturated carbocycles. The van der Waals surface area contributed by atoms with Crippen LogP contribution in [0, 0.1) is 0 Å². The number of pyridine rings is 1. The molecule has 0 aromatic carbocycles. The van der Waals surface area contributed by atoms with E-state index < -0.39 is 0 Å². The van der Waals surface area contributed by atoms with Crippen molar-refractivity contribution in [3.05, 3.63) is 23.9 Å². The molecule has 90 valence electrons. The lowest BCUT2D eigenvalue weighted by atomic mass is 10.2. The largest absolute Gasteiger partial charge is 0.357 e. The Labute approximate surface area is 98.9 Å². The monoisotopic (exact) mass is 221 g/mol. The Kier molecular flexibility index (Phi) is 5.26. The molecular formula is C13H23N3. The standard InChI is InChI=1S/C13H23N3/c1-5-11(3)16(4)13-12(10-14-6-2)8-7-9-15-13/h7-9,11,14H,5-6,10H2,1-4H3. The fourth-order valence-corrected chi connectivity index (χ4v) is 1.63. The quantitative estimate of drug-likeness (QED) is 0.799. The molecule has 0 saturated heterocycles. The van der Waals surface area contributed by atoms with Crippen LogP contribution < -0.4 is 10.2 Å². The Hall–Kier alpha value is -1.09. The maximum Gasteiger partial charge on any atom is 0.132 e. The summed E-state index contributed by atoms with van der Waals surface area (Å²) in [6, 6.07) is 4.67. The number of hydrogen-bond donors (Lipinski definition) is 1. The Morgan fingerprint density at radius 2 is 2.19 bits per heavy atom. The van der Waals surface area contributed by atoms with Gasteiger partial charge in [0.15, 0.2) is 0 Å². The zero-order chi connectivity index (χ0) is 12.0. The van der Waals surface area contributed by atoms with Crippen LogP contribution in [-0.2, 0) is 6.54 Å². The second-order valence-corrected chi connectivity index (χ2v) is 4.13. The smallest absolute Gasteiger partial charge is 0.132 e. The van der Waals surface area contributed by atoms with Gasteiger partial charge in [-0.1, -0.05) is 19.9 Å². The third-order valence-electron chi connectivity index (χ3n) is 3.02. The van der Waals surface area contributed by atoms with Crippen molar-refractivity contribution in [3.63, 3.8) is 0 Å². The second-order valence-electron chi connectivity index (χ2n) is 4.13. The van der Waals surface area contributed by atoms with Gasteiger partial charge in [0.05, 0.1) is 0 Å². The molecular weight excluding hydrogens is 198 g/mol. The third kappa shape index (κ3) is 3.20. The summed E-state index contributed by atoms with van der Waals surface area (Å²) < 4.78 is 0.